The normalized spacial score (nSPS) is 22.6. The van der Waals surface area contributed by atoms with E-state index >= 15 is 0 Å². The zero-order chi connectivity index (χ0) is 12.3. The molecule has 1 aliphatic rings. The smallest absolute Gasteiger partial charge is 0.247 e. The van der Waals surface area contributed by atoms with Gasteiger partial charge in [-0.15, -0.1) is 0 Å². The second-order valence-corrected chi connectivity index (χ2v) is 6.00. The number of rotatable bonds is 3. The van der Waals surface area contributed by atoms with Crippen LogP contribution in [0.3, 0.4) is 0 Å². The second kappa shape index (κ2) is 5.08. The van der Waals surface area contributed by atoms with Gasteiger partial charge in [0.15, 0.2) is 0 Å². The number of carbonyl (C=O) groups is 2. The van der Waals surface area contributed by atoms with Crippen molar-refractivity contribution in [3.8, 4) is 0 Å². The van der Waals surface area contributed by atoms with Crippen molar-refractivity contribution in [2.75, 3.05) is 19.3 Å². The molecule has 1 aliphatic heterocycles. The molecular formula is C11H20N2O2S. The Morgan fingerprint density at radius 2 is 2.12 bits per heavy atom. The monoisotopic (exact) mass is 244 g/mol. The molecule has 1 saturated heterocycles. The highest BCUT2D eigenvalue weighted by molar-refractivity contribution is 7.99. The van der Waals surface area contributed by atoms with Crippen molar-refractivity contribution in [3.63, 3.8) is 0 Å². The highest BCUT2D eigenvalue weighted by Crippen LogP contribution is 2.16. The number of nitrogens with one attached hydrogen (secondary N) is 1. The van der Waals surface area contributed by atoms with Gasteiger partial charge in [0.1, 0.15) is 5.54 Å². The fraction of sp³-hybridized carbons (Fsp3) is 0.818. The average molecular weight is 244 g/mol. The van der Waals surface area contributed by atoms with Crippen molar-refractivity contribution in [2.24, 2.45) is 0 Å². The number of hydrogen-bond acceptors (Lipinski definition) is 3. The first-order chi connectivity index (χ1) is 7.36. The van der Waals surface area contributed by atoms with E-state index in [9.17, 15) is 9.59 Å². The number of carbonyl (C=O) groups excluding carboxylic acids is 2. The molecule has 0 aromatic rings. The van der Waals surface area contributed by atoms with Gasteiger partial charge in [-0.1, -0.05) is 6.92 Å². The molecule has 1 N–H and O–H groups in total. The van der Waals surface area contributed by atoms with E-state index < -0.39 is 5.54 Å². The highest BCUT2D eigenvalue weighted by Gasteiger charge is 2.36. The van der Waals surface area contributed by atoms with Gasteiger partial charge in [0.25, 0.3) is 0 Å². The van der Waals surface area contributed by atoms with Crippen LogP contribution in [-0.4, -0.2) is 46.8 Å². The molecule has 5 heteroatoms. The summed E-state index contributed by atoms with van der Waals surface area (Å²) in [7, 11) is 0. The Morgan fingerprint density at radius 3 is 2.69 bits per heavy atom. The number of hydrogen-bond donors (Lipinski definition) is 1. The molecule has 0 aliphatic carbocycles. The molecule has 1 heterocycles. The quantitative estimate of drug-likeness (QED) is 0.801. The van der Waals surface area contributed by atoms with E-state index in [1.165, 1.54) is 0 Å². The summed E-state index contributed by atoms with van der Waals surface area (Å²) in [5.41, 5.74) is -0.772. The second-order valence-electron chi connectivity index (χ2n) is 4.72. The molecule has 0 aromatic heterocycles. The first-order valence-corrected chi connectivity index (χ1v) is 6.79. The van der Waals surface area contributed by atoms with Gasteiger partial charge in [0.05, 0.1) is 0 Å². The van der Waals surface area contributed by atoms with Gasteiger partial charge in [0, 0.05) is 24.8 Å². The van der Waals surface area contributed by atoms with E-state index in [4.69, 9.17) is 0 Å². The zero-order valence-corrected chi connectivity index (χ0v) is 11.2. The first kappa shape index (κ1) is 13.4. The Hall–Kier alpha value is -0.710. The fourth-order valence-electron chi connectivity index (χ4n) is 1.76. The maximum absolute atomic E-state index is 12.2. The number of thioether (sulfide) groups is 1. The molecule has 92 valence electrons. The summed E-state index contributed by atoms with van der Waals surface area (Å²) in [6, 6.07) is 0. The summed E-state index contributed by atoms with van der Waals surface area (Å²) in [4.78, 5) is 25.4. The van der Waals surface area contributed by atoms with Crippen LogP contribution >= 0.6 is 11.8 Å². The van der Waals surface area contributed by atoms with Gasteiger partial charge in [-0.3, -0.25) is 9.59 Å². The molecule has 1 rings (SSSR count). The first-order valence-electron chi connectivity index (χ1n) is 5.50. The summed E-state index contributed by atoms with van der Waals surface area (Å²) in [6.45, 7) is 6.84. The van der Waals surface area contributed by atoms with E-state index in [1.807, 2.05) is 6.26 Å². The Labute approximate surface area is 101 Å². The highest BCUT2D eigenvalue weighted by atomic mass is 32.2. The topological polar surface area (TPSA) is 49.4 Å². The maximum atomic E-state index is 12.2. The van der Waals surface area contributed by atoms with E-state index in [0.717, 1.165) is 0 Å². The summed E-state index contributed by atoms with van der Waals surface area (Å²) >= 11 is 1.73. The molecule has 0 aromatic carbocycles. The van der Waals surface area contributed by atoms with Gasteiger partial charge < -0.3 is 10.2 Å². The molecule has 1 fully saturated rings. The molecule has 1 unspecified atom stereocenters. The lowest BCUT2D eigenvalue weighted by atomic mass is 10.0. The van der Waals surface area contributed by atoms with Crippen molar-refractivity contribution in [1.29, 1.82) is 0 Å². The predicted molar refractivity (Wildman–Crippen MR) is 66.4 cm³/mol. The van der Waals surface area contributed by atoms with Crippen molar-refractivity contribution in [3.05, 3.63) is 0 Å². The summed E-state index contributed by atoms with van der Waals surface area (Å²) in [6.07, 6.45) is 2.43. The van der Waals surface area contributed by atoms with Crippen molar-refractivity contribution in [2.45, 2.75) is 38.0 Å². The van der Waals surface area contributed by atoms with Crippen molar-refractivity contribution < 1.29 is 9.59 Å². The van der Waals surface area contributed by atoms with Crippen LogP contribution in [0, 0.1) is 0 Å². The zero-order valence-electron chi connectivity index (χ0n) is 10.4. The largest absolute Gasteiger partial charge is 0.342 e. The van der Waals surface area contributed by atoms with Crippen LogP contribution < -0.4 is 5.32 Å². The minimum absolute atomic E-state index is 0.0132. The van der Waals surface area contributed by atoms with Gasteiger partial charge in [0.2, 0.25) is 11.8 Å². The van der Waals surface area contributed by atoms with Gasteiger partial charge in [-0.05, 0) is 20.1 Å². The van der Waals surface area contributed by atoms with E-state index in [-0.39, 0.29) is 11.8 Å². The van der Waals surface area contributed by atoms with Crippen LogP contribution in [0.2, 0.25) is 0 Å². The minimum Gasteiger partial charge on any atom is -0.342 e. The Bertz CT molecular complexity index is 292. The molecule has 1 atom stereocenters. The molecule has 0 radical (unpaired) electrons. The van der Waals surface area contributed by atoms with Crippen LogP contribution in [0.1, 0.15) is 27.2 Å². The molecule has 4 nitrogen and oxygen atoms in total. The number of nitrogens with zero attached hydrogens (tertiary/aromatic N) is 1. The standard InChI is InChI=1S/C11H20N2O2S/c1-8(16-4)7-13-6-5-9(14)12-11(2,3)10(13)15/h8H,5-7H2,1-4H3,(H,12,14). The van der Waals surface area contributed by atoms with Crippen LogP contribution in [0.4, 0.5) is 0 Å². The van der Waals surface area contributed by atoms with Gasteiger partial charge in [-0.2, -0.15) is 11.8 Å². The maximum Gasteiger partial charge on any atom is 0.247 e. The third-order valence-corrected chi connectivity index (χ3v) is 3.72. The van der Waals surface area contributed by atoms with Crippen molar-refractivity contribution >= 4 is 23.6 Å². The molecule has 0 spiro atoms. The summed E-state index contributed by atoms with van der Waals surface area (Å²) < 4.78 is 0. The van der Waals surface area contributed by atoms with E-state index in [2.05, 4.69) is 12.2 Å². The molecule has 0 bridgehead atoms. The van der Waals surface area contributed by atoms with Gasteiger partial charge in [-0.25, -0.2) is 0 Å². The Balaban J connectivity index is 2.77. The molecular weight excluding hydrogens is 224 g/mol. The van der Waals surface area contributed by atoms with Crippen LogP contribution in [0.15, 0.2) is 0 Å². The molecule has 2 amide bonds. The van der Waals surface area contributed by atoms with Crippen molar-refractivity contribution in [1.82, 2.24) is 10.2 Å². The number of amides is 2. The van der Waals surface area contributed by atoms with Crippen LogP contribution in [0.25, 0.3) is 0 Å². The summed E-state index contributed by atoms with van der Waals surface area (Å²) in [5, 5.41) is 3.15. The van der Waals surface area contributed by atoms with E-state index in [1.54, 1.807) is 30.5 Å². The Kier molecular flexibility index (Phi) is 4.24. The molecule has 0 saturated carbocycles. The summed E-state index contributed by atoms with van der Waals surface area (Å²) in [5.74, 6) is -0.0306. The predicted octanol–water partition coefficient (Wildman–Crippen LogP) is 0.865. The lowest BCUT2D eigenvalue weighted by Crippen LogP contribution is -2.53. The average Bonchev–Trinajstić information content (AvgIpc) is 2.29. The van der Waals surface area contributed by atoms with Crippen LogP contribution in [-0.2, 0) is 9.59 Å². The third-order valence-electron chi connectivity index (χ3n) is 2.76. The third kappa shape index (κ3) is 3.14. The fourth-order valence-corrected chi connectivity index (χ4v) is 2.09. The Morgan fingerprint density at radius 1 is 1.50 bits per heavy atom. The molecule has 16 heavy (non-hydrogen) atoms. The van der Waals surface area contributed by atoms with Gasteiger partial charge >= 0.3 is 0 Å². The SMILES string of the molecule is CSC(C)CN1CCC(=O)NC(C)(C)C1=O. The lowest BCUT2D eigenvalue weighted by Gasteiger charge is -2.30. The lowest BCUT2D eigenvalue weighted by molar-refractivity contribution is -0.137. The van der Waals surface area contributed by atoms with E-state index in [0.29, 0.717) is 24.8 Å². The van der Waals surface area contributed by atoms with Crippen LogP contribution in [0.5, 0.6) is 0 Å². The minimum atomic E-state index is -0.772.